The van der Waals surface area contributed by atoms with Gasteiger partial charge in [-0.25, -0.2) is 0 Å². The summed E-state index contributed by atoms with van der Waals surface area (Å²) >= 11 is 0. The van der Waals surface area contributed by atoms with Gasteiger partial charge in [-0.15, -0.1) is 0 Å². The van der Waals surface area contributed by atoms with Crippen LogP contribution < -0.4 is 0 Å². The van der Waals surface area contributed by atoms with Gasteiger partial charge < -0.3 is 39.4 Å². The predicted octanol–water partition coefficient (Wildman–Crippen LogP) is 2.75. The summed E-state index contributed by atoms with van der Waals surface area (Å²) in [4.78, 5) is 0. The van der Waals surface area contributed by atoms with E-state index in [2.05, 4.69) is 0 Å². The summed E-state index contributed by atoms with van der Waals surface area (Å²) < 4.78 is 20.7. The van der Waals surface area contributed by atoms with E-state index < -0.39 is 24.4 Å². The zero-order chi connectivity index (χ0) is 28.8. The van der Waals surface area contributed by atoms with Gasteiger partial charge >= 0.3 is 45.5 Å². The average molecular weight is 614 g/mol. The van der Waals surface area contributed by atoms with Crippen molar-refractivity contribution in [2.75, 3.05) is 53.9 Å². The topological polar surface area (TPSA) is 118 Å². The van der Waals surface area contributed by atoms with Gasteiger partial charge in [-0.2, -0.15) is 0 Å². The third kappa shape index (κ3) is 20.7. The van der Waals surface area contributed by atoms with E-state index in [1.807, 2.05) is 69.2 Å². The maximum atomic E-state index is 10.2. The van der Waals surface area contributed by atoms with E-state index in [-0.39, 0.29) is 67.1 Å². The fourth-order valence-corrected chi connectivity index (χ4v) is 2.92. The van der Waals surface area contributed by atoms with Crippen LogP contribution in [0.15, 0.2) is 0 Å². The van der Waals surface area contributed by atoms with E-state index in [0.717, 1.165) is 0 Å². The van der Waals surface area contributed by atoms with Gasteiger partial charge in [0.15, 0.2) is 0 Å². The normalized spacial score (nSPS) is 16.2. The molecule has 0 aromatic heterocycles. The van der Waals surface area contributed by atoms with Crippen molar-refractivity contribution in [1.82, 2.24) is 0 Å². The second kappa shape index (κ2) is 20.1. The average Bonchev–Trinajstić information content (AvgIpc) is 2.73. The molecule has 0 aromatic carbocycles. The Morgan fingerprint density at radius 2 is 0.757 bits per heavy atom. The standard InChI is InChI=1S/2C14H30O4.Sr.2H/c2*1-13(2,3)11(15)9-12(16)14(4,5)10-18-8-7-17-6;;;/h2*11-12,15-16H,7-10H2,1-6H3;;;. The summed E-state index contributed by atoms with van der Waals surface area (Å²) in [7, 11) is 3.26. The van der Waals surface area contributed by atoms with Crippen LogP contribution in [0.2, 0.25) is 0 Å². The number of hydrogen-bond acceptors (Lipinski definition) is 8. The molecule has 0 bridgehead atoms. The van der Waals surface area contributed by atoms with Crippen LogP contribution in [-0.4, -0.2) is 144 Å². The Hall–Kier alpha value is 1.16. The van der Waals surface area contributed by atoms with Crippen LogP contribution in [0.5, 0.6) is 0 Å². The first-order chi connectivity index (χ1) is 16.2. The molecule has 4 N–H and O–H groups in total. The fourth-order valence-electron chi connectivity index (χ4n) is 2.92. The number of ether oxygens (including phenoxy) is 4. The minimum absolute atomic E-state index is 0. The minimum atomic E-state index is -0.589. The molecule has 4 atom stereocenters. The van der Waals surface area contributed by atoms with Gasteiger partial charge in [0.05, 0.1) is 64.1 Å². The van der Waals surface area contributed by atoms with Crippen LogP contribution in [0.4, 0.5) is 0 Å². The number of hydrogen-bond donors (Lipinski definition) is 4. The van der Waals surface area contributed by atoms with E-state index in [1.165, 1.54) is 0 Å². The van der Waals surface area contributed by atoms with Crippen LogP contribution in [0.1, 0.15) is 82.1 Å². The molecular formula is C28H62O8Sr. The maximum absolute atomic E-state index is 10.2. The van der Waals surface area contributed by atoms with Crippen molar-refractivity contribution in [3.05, 3.63) is 0 Å². The molecule has 0 rings (SSSR count). The molecule has 0 aromatic rings. The molecule has 37 heavy (non-hydrogen) atoms. The van der Waals surface area contributed by atoms with E-state index in [0.29, 0.717) is 52.5 Å². The van der Waals surface area contributed by atoms with Crippen LogP contribution in [0.25, 0.3) is 0 Å². The Bertz CT molecular complexity index is 495. The van der Waals surface area contributed by atoms with Crippen molar-refractivity contribution in [3.8, 4) is 0 Å². The molecular weight excluding hydrogens is 552 g/mol. The monoisotopic (exact) mass is 614 g/mol. The van der Waals surface area contributed by atoms with E-state index in [4.69, 9.17) is 18.9 Å². The number of aliphatic hydroxyl groups excluding tert-OH is 4. The van der Waals surface area contributed by atoms with E-state index in [9.17, 15) is 20.4 Å². The van der Waals surface area contributed by atoms with Gasteiger partial charge in [0.25, 0.3) is 0 Å². The molecule has 0 aliphatic carbocycles. The predicted molar refractivity (Wildman–Crippen MR) is 154 cm³/mol. The van der Waals surface area contributed by atoms with Gasteiger partial charge in [-0.05, 0) is 10.8 Å². The van der Waals surface area contributed by atoms with Crippen LogP contribution >= 0.6 is 0 Å². The summed E-state index contributed by atoms with van der Waals surface area (Å²) in [5.41, 5.74) is -1.18. The molecule has 0 fully saturated rings. The molecule has 8 nitrogen and oxygen atoms in total. The van der Waals surface area contributed by atoms with Crippen molar-refractivity contribution in [1.29, 1.82) is 0 Å². The first-order valence-corrected chi connectivity index (χ1v) is 13.1. The molecule has 0 aliphatic rings. The van der Waals surface area contributed by atoms with Gasteiger partial charge in [-0.3, -0.25) is 0 Å². The van der Waals surface area contributed by atoms with Crippen LogP contribution in [-0.2, 0) is 18.9 Å². The summed E-state index contributed by atoms with van der Waals surface area (Å²) in [5, 5.41) is 40.4. The van der Waals surface area contributed by atoms with Crippen molar-refractivity contribution < 1.29 is 39.4 Å². The number of aliphatic hydroxyl groups is 4. The SMILES string of the molecule is COCCOCC(C)(C)C(O)CC(O)C(C)(C)C.COCCOCC(C)(C)C(O)CC(O)C(C)(C)C.[SrH2]. The molecule has 4 unspecified atom stereocenters. The molecule has 224 valence electrons. The van der Waals surface area contributed by atoms with Crippen molar-refractivity contribution in [2.24, 2.45) is 21.7 Å². The second-order valence-electron chi connectivity index (χ2n) is 13.3. The van der Waals surface area contributed by atoms with Crippen LogP contribution in [0.3, 0.4) is 0 Å². The quantitative estimate of drug-likeness (QED) is 0.155. The van der Waals surface area contributed by atoms with Gasteiger partial charge in [0, 0.05) is 37.9 Å². The van der Waals surface area contributed by atoms with E-state index in [1.54, 1.807) is 14.2 Å². The summed E-state index contributed by atoms with van der Waals surface area (Å²) in [6.45, 7) is 22.6. The third-order valence-corrected chi connectivity index (χ3v) is 6.51. The van der Waals surface area contributed by atoms with Gasteiger partial charge in [-0.1, -0.05) is 69.2 Å². The Balaban J connectivity index is -0.000000608. The van der Waals surface area contributed by atoms with Gasteiger partial charge in [0.1, 0.15) is 0 Å². The number of rotatable bonds is 16. The molecule has 0 heterocycles. The zero-order valence-corrected chi connectivity index (χ0v) is 25.4. The Labute approximate surface area is 265 Å². The Kier molecular flexibility index (Phi) is 23.2. The molecule has 0 saturated heterocycles. The molecule has 0 amide bonds. The summed E-state index contributed by atoms with van der Waals surface area (Å²) in [6.07, 6.45) is -1.49. The van der Waals surface area contributed by atoms with Crippen molar-refractivity contribution in [3.63, 3.8) is 0 Å². The summed E-state index contributed by atoms with van der Waals surface area (Å²) in [5.74, 6) is 0. The molecule has 0 aliphatic heterocycles. The van der Waals surface area contributed by atoms with Gasteiger partial charge in [0.2, 0.25) is 0 Å². The molecule has 0 saturated carbocycles. The fraction of sp³-hybridized carbons (Fsp3) is 1.00. The van der Waals surface area contributed by atoms with Crippen LogP contribution in [0, 0.1) is 21.7 Å². The second-order valence-corrected chi connectivity index (χ2v) is 13.3. The van der Waals surface area contributed by atoms with Crippen molar-refractivity contribution >= 4 is 45.5 Å². The number of methoxy groups -OCH3 is 2. The molecule has 9 heteroatoms. The Morgan fingerprint density at radius 1 is 0.486 bits per heavy atom. The molecule has 0 spiro atoms. The van der Waals surface area contributed by atoms with Crippen molar-refractivity contribution in [2.45, 2.75) is 106 Å². The zero-order valence-electron chi connectivity index (χ0n) is 25.4. The first kappa shape index (κ1) is 42.6. The summed E-state index contributed by atoms with van der Waals surface area (Å²) in [6, 6.07) is 0. The molecule has 0 radical (unpaired) electrons. The first-order valence-electron chi connectivity index (χ1n) is 13.1. The Morgan fingerprint density at radius 3 is 0.973 bits per heavy atom. The third-order valence-electron chi connectivity index (χ3n) is 6.51. The van der Waals surface area contributed by atoms with E-state index >= 15 is 0 Å².